The number of carbonyl (C=O) groups is 2. The molecule has 0 saturated carbocycles. The molecule has 236 valence electrons. The lowest BCUT2D eigenvalue weighted by Gasteiger charge is -2.36. The van der Waals surface area contributed by atoms with Crippen molar-refractivity contribution in [2.75, 3.05) is 47.5 Å². The molecule has 1 atom stereocenters. The Bertz CT molecular complexity index is 1510. The smallest absolute Gasteiger partial charge is 0.247 e. The zero-order valence-corrected chi connectivity index (χ0v) is 26.8. The molecule has 6 rings (SSSR count). The summed E-state index contributed by atoms with van der Waals surface area (Å²) >= 11 is 0. The third-order valence-corrected chi connectivity index (χ3v) is 11.1. The van der Waals surface area contributed by atoms with Crippen molar-refractivity contribution in [2.24, 2.45) is 0 Å². The minimum absolute atomic E-state index is 0.290. The zero-order valence-electron chi connectivity index (χ0n) is 25.2. The maximum atomic E-state index is 12.8. The standard InChI is InChI=1S/C33H38N6O4S2/c1-2-30(40)34-24-6-5-7-26(20-24)43-32-28-21-42-22-29(28)36-33(37-32)35-23-10-12-25(13-11-23)38-15-17-39(18-16-38)31(41)9-4-3-8-27-14-19-44-45-27/h2,5-7,10-13,20,27H,1,3-4,8-9,14-19,21-22H2,(H,34,40)(H,35,36,37)/t27-/m1/s1. The van der Waals surface area contributed by atoms with Gasteiger partial charge >= 0.3 is 0 Å². The molecule has 2 aromatic carbocycles. The van der Waals surface area contributed by atoms with Crippen LogP contribution in [0.25, 0.3) is 0 Å². The number of anilines is 4. The Balaban J connectivity index is 1.02. The van der Waals surface area contributed by atoms with Crippen molar-refractivity contribution in [1.29, 1.82) is 0 Å². The molecule has 10 nitrogen and oxygen atoms in total. The molecule has 3 aliphatic rings. The van der Waals surface area contributed by atoms with E-state index in [-0.39, 0.29) is 11.8 Å². The van der Waals surface area contributed by atoms with Gasteiger partial charge in [0.1, 0.15) is 5.75 Å². The van der Waals surface area contributed by atoms with Crippen LogP contribution in [0.1, 0.15) is 43.4 Å². The van der Waals surface area contributed by atoms with E-state index in [1.807, 2.05) is 38.6 Å². The van der Waals surface area contributed by atoms with Crippen LogP contribution in [0.15, 0.2) is 61.2 Å². The number of ether oxygens (including phenoxy) is 2. The number of aromatic nitrogens is 2. The SMILES string of the molecule is C=CC(=O)Nc1cccc(Oc2nc(Nc3ccc(N4CCN(C(=O)CCCC[C@@H]5CCSS5)CC4)cc3)nc3c2COC3)c1. The topological polar surface area (TPSA) is 109 Å². The van der Waals surface area contributed by atoms with E-state index in [9.17, 15) is 9.59 Å². The zero-order chi connectivity index (χ0) is 31.0. The van der Waals surface area contributed by atoms with E-state index in [0.717, 1.165) is 66.9 Å². The first kappa shape index (κ1) is 31.3. The largest absolute Gasteiger partial charge is 0.438 e. The second-order valence-electron chi connectivity index (χ2n) is 11.2. The number of benzene rings is 2. The molecular weight excluding hydrogens is 609 g/mol. The second-order valence-corrected chi connectivity index (χ2v) is 14.0. The van der Waals surface area contributed by atoms with Crippen LogP contribution in [0.3, 0.4) is 0 Å². The summed E-state index contributed by atoms with van der Waals surface area (Å²) in [7, 11) is 4.00. The van der Waals surface area contributed by atoms with E-state index in [0.29, 0.717) is 42.9 Å². The van der Waals surface area contributed by atoms with Crippen molar-refractivity contribution in [3.63, 3.8) is 0 Å². The molecule has 0 radical (unpaired) electrons. The molecule has 3 aliphatic heterocycles. The van der Waals surface area contributed by atoms with Crippen LogP contribution in [0, 0.1) is 0 Å². The van der Waals surface area contributed by atoms with E-state index in [2.05, 4.69) is 44.2 Å². The van der Waals surface area contributed by atoms with Gasteiger partial charge in [0.15, 0.2) is 0 Å². The Morgan fingerprint density at radius 1 is 1.04 bits per heavy atom. The summed E-state index contributed by atoms with van der Waals surface area (Å²) in [5, 5.41) is 6.82. The van der Waals surface area contributed by atoms with E-state index in [1.54, 1.807) is 24.3 Å². The fourth-order valence-electron chi connectivity index (χ4n) is 5.57. The van der Waals surface area contributed by atoms with Crippen LogP contribution >= 0.6 is 21.6 Å². The molecule has 45 heavy (non-hydrogen) atoms. The van der Waals surface area contributed by atoms with Gasteiger partial charge in [-0.05, 0) is 61.7 Å². The Morgan fingerprint density at radius 3 is 2.67 bits per heavy atom. The van der Waals surface area contributed by atoms with E-state index in [4.69, 9.17) is 9.47 Å². The van der Waals surface area contributed by atoms with Gasteiger partial charge in [-0.25, -0.2) is 4.98 Å². The lowest BCUT2D eigenvalue weighted by Crippen LogP contribution is -2.48. The summed E-state index contributed by atoms with van der Waals surface area (Å²) in [6.07, 6.45) is 6.56. The van der Waals surface area contributed by atoms with Crippen LogP contribution in [-0.2, 0) is 27.5 Å². The van der Waals surface area contributed by atoms with Gasteiger partial charge in [-0.1, -0.05) is 40.7 Å². The summed E-state index contributed by atoms with van der Waals surface area (Å²) in [6, 6.07) is 15.3. The molecule has 0 bridgehead atoms. The van der Waals surface area contributed by atoms with Gasteiger partial charge in [-0.2, -0.15) is 4.98 Å². The van der Waals surface area contributed by atoms with Crippen molar-refractivity contribution in [2.45, 2.75) is 50.6 Å². The van der Waals surface area contributed by atoms with Crippen molar-refractivity contribution in [3.05, 3.63) is 72.4 Å². The second kappa shape index (κ2) is 15.0. The molecule has 1 aromatic heterocycles. The number of hydrogen-bond donors (Lipinski definition) is 2. The van der Waals surface area contributed by atoms with E-state index < -0.39 is 0 Å². The van der Waals surface area contributed by atoms with Crippen molar-refractivity contribution in [1.82, 2.24) is 14.9 Å². The molecule has 4 heterocycles. The molecule has 2 N–H and O–H groups in total. The number of piperazine rings is 1. The molecular formula is C33H38N6O4S2. The van der Waals surface area contributed by atoms with Crippen LogP contribution < -0.4 is 20.3 Å². The first-order valence-electron chi connectivity index (χ1n) is 15.4. The van der Waals surface area contributed by atoms with E-state index in [1.165, 1.54) is 24.7 Å². The van der Waals surface area contributed by atoms with Gasteiger partial charge in [0.25, 0.3) is 0 Å². The summed E-state index contributed by atoms with van der Waals surface area (Å²) in [5.74, 6) is 2.60. The lowest BCUT2D eigenvalue weighted by molar-refractivity contribution is -0.131. The predicted octanol–water partition coefficient (Wildman–Crippen LogP) is 6.53. The quantitative estimate of drug-likeness (QED) is 0.128. The first-order valence-corrected chi connectivity index (χ1v) is 17.8. The van der Waals surface area contributed by atoms with Crippen molar-refractivity contribution in [3.8, 4) is 11.6 Å². The lowest BCUT2D eigenvalue weighted by atomic mass is 10.1. The number of amides is 2. The van der Waals surface area contributed by atoms with Crippen LogP contribution in [0.4, 0.5) is 23.0 Å². The van der Waals surface area contributed by atoms with Crippen LogP contribution in [0.5, 0.6) is 11.6 Å². The Labute approximate surface area is 271 Å². The Morgan fingerprint density at radius 2 is 1.89 bits per heavy atom. The Kier molecular flexibility index (Phi) is 10.4. The fraction of sp³-hybridized carbons (Fsp3) is 0.394. The number of carbonyl (C=O) groups excluding carboxylic acids is 2. The summed E-state index contributed by atoms with van der Waals surface area (Å²) in [6.45, 7) is 7.39. The minimum Gasteiger partial charge on any atom is -0.438 e. The number of hydrogen-bond acceptors (Lipinski definition) is 10. The fourth-order valence-corrected chi connectivity index (χ4v) is 8.60. The molecule has 2 saturated heterocycles. The number of rotatable bonds is 12. The number of unbranched alkanes of at least 4 members (excludes halogenated alkanes) is 1. The van der Waals surface area contributed by atoms with Gasteiger partial charge in [-0.15, -0.1) is 0 Å². The van der Waals surface area contributed by atoms with Gasteiger partial charge in [0.05, 0.1) is 24.5 Å². The average Bonchev–Trinajstić information content (AvgIpc) is 3.76. The highest BCUT2D eigenvalue weighted by molar-refractivity contribution is 8.77. The number of fused-ring (bicyclic) bond motifs is 1. The maximum absolute atomic E-state index is 12.8. The van der Waals surface area contributed by atoms with Crippen molar-refractivity contribution < 1.29 is 19.1 Å². The summed E-state index contributed by atoms with van der Waals surface area (Å²) in [4.78, 5) is 38.1. The average molecular weight is 647 g/mol. The van der Waals surface area contributed by atoms with Gasteiger partial charge < -0.3 is 29.9 Å². The minimum atomic E-state index is -0.299. The van der Waals surface area contributed by atoms with Crippen molar-refractivity contribution >= 4 is 56.4 Å². The first-order chi connectivity index (χ1) is 22.0. The van der Waals surface area contributed by atoms with Gasteiger partial charge in [-0.3, -0.25) is 9.59 Å². The van der Waals surface area contributed by atoms with Gasteiger partial charge in [0.2, 0.25) is 23.6 Å². The third kappa shape index (κ3) is 8.30. The van der Waals surface area contributed by atoms with E-state index >= 15 is 0 Å². The number of nitrogens with zero attached hydrogens (tertiary/aromatic N) is 4. The summed E-state index contributed by atoms with van der Waals surface area (Å²) in [5.41, 5.74) is 4.14. The molecule has 0 spiro atoms. The van der Waals surface area contributed by atoms with Crippen LogP contribution in [0.2, 0.25) is 0 Å². The molecule has 0 unspecified atom stereocenters. The van der Waals surface area contributed by atoms with Crippen LogP contribution in [-0.4, -0.2) is 63.9 Å². The highest BCUT2D eigenvalue weighted by Gasteiger charge is 2.24. The summed E-state index contributed by atoms with van der Waals surface area (Å²) < 4.78 is 11.8. The molecule has 3 aromatic rings. The monoisotopic (exact) mass is 646 g/mol. The Hall–Kier alpha value is -3.74. The molecule has 2 fully saturated rings. The molecule has 12 heteroatoms. The maximum Gasteiger partial charge on any atom is 0.247 e. The highest BCUT2D eigenvalue weighted by atomic mass is 33.1. The number of nitrogens with one attached hydrogen (secondary N) is 2. The van der Waals surface area contributed by atoms with Gasteiger partial charge in [0, 0.05) is 66.7 Å². The predicted molar refractivity (Wildman–Crippen MR) is 181 cm³/mol. The molecule has 2 amide bonds. The molecule has 0 aliphatic carbocycles. The third-order valence-electron chi connectivity index (χ3n) is 8.06. The normalized spacial score (nSPS) is 17.6. The highest BCUT2D eigenvalue weighted by Crippen LogP contribution is 2.40.